The van der Waals surface area contributed by atoms with E-state index in [0.29, 0.717) is 31.9 Å². The summed E-state index contributed by atoms with van der Waals surface area (Å²) in [6.45, 7) is 6.04. The van der Waals surface area contributed by atoms with Crippen molar-refractivity contribution in [1.82, 2.24) is 14.4 Å². The van der Waals surface area contributed by atoms with Crippen LogP contribution in [0.5, 0.6) is 5.75 Å². The van der Waals surface area contributed by atoms with Gasteiger partial charge >= 0.3 is 0 Å². The van der Waals surface area contributed by atoms with E-state index in [1.807, 2.05) is 73.0 Å². The number of benzene rings is 3. The van der Waals surface area contributed by atoms with Crippen LogP contribution in [0, 0.1) is 5.92 Å². The Morgan fingerprint density at radius 1 is 1.07 bits per heavy atom. The number of aryl methyl sites for hydroxylation is 1. The van der Waals surface area contributed by atoms with Crippen LogP contribution in [0.15, 0.2) is 72.8 Å². The minimum Gasteiger partial charge on any atom is -0.508 e. The predicted molar refractivity (Wildman–Crippen MR) is 158 cm³/mol. The molecule has 0 saturated heterocycles. The average molecular weight is 542 g/mol. The number of phenolic OH excluding ortho intramolecular Hbond substituents is 1. The topological polar surface area (TPSA) is 78.2 Å². The van der Waals surface area contributed by atoms with Crippen molar-refractivity contribution >= 4 is 16.8 Å². The second-order valence-corrected chi connectivity index (χ2v) is 11.1. The van der Waals surface area contributed by atoms with Gasteiger partial charge in [-0.15, -0.1) is 0 Å². The molecule has 5 rings (SSSR count). The average Bonchev–Trinajstić information content (AvgIpc) is 3.24. The minimum absolute atomic E-state index is 0.00651. The highest BCUT2D eigenvalue weighted by Gasteiger charge is 2.33. The van der Waals surface area contributed by atoms with Crippen LogP contribution in [0.2, 0.25) is 0 Å². The van der Waals surface area contributed by atoms with Crippen LogP contribution in [-0.2, 0) is 24.9 Å². The van der Waals surface area contributed by atoms with Crippen LogP contribution < -0.4 is 0 Å². The van der Waals surface area contributed by atoms with Gasteiger partial charge in [0.1, 0.15) is 11.4 Å². The Morgan fingerprint density at radius 3 is 2.60 bits per heavy atom. The van der Waals surface area contributed by atoms with Crippen LogP contribution in [0.25, 0.3) is 22.0 Å². The Bertz CT molecular complexity index is 1500. The number of ether oxygens (including phenoxy) is 1. The zero-order valence-electron chi connectivity index (χ0n) is 23.7. The summed E-state index contributed by atoms with van der Waals surface area (Å²) in [5.41, 5.74) is 5.56. The van der Waals surface area contributed by atoms with Gasteiger partial charge in [-0.1, -0.05) is 61.5 Å². The quantitative estimate of drug-likeness (QED) is 0.358. The van der Waals surface area contributed by atoms with E-state index >= 15 is 0 Å². The second kappa shape index (κ2) is 11.8. The van der Waals surface area contributed by atoms with E-state index in [1.54, 1.807) is 12.1 Å². The minimum atomic E-state index is -0.359. The number of carbonyl (C=O) groups is 1. The molecule has 210 valence electrons. The number of para-hydroxylation sites is 1. The highest BCUT2D eigenvalue weighted by Crippen LogP contribution is 2.38. The third-order valence-electron chi connectivity index (χ3n) is 8.08. The lowest BCUT2D eigenvalue weighted by Gasteiger charge is -2.35. The molecule has 7 heteroatoms. The number of nitrogens with zero attached hydrogens (tertiary/aromatic N) is 3. The summed E-state index contributed by atoms with van der Waals surface area (Å²) in [6.07, 6.45) is -0.172. The first-order valence-corrected chi connectivity index (χ1v) is 13.9. The summed E-state index contributed by atoms with van der Waals surface area (Å²) in [4.78, 5) is 18.4. The fraction of sp³-hybridized carbons (Fsp3) is 0.364. The lowest BCUT2D eigenvalue weighted by molar-refractivity contribution is -0.0242. The molecule has 0 unspecified atom stereocenters. The number of aliphatic hydroxyl groups excluding tert-OH is 1. The molecule has 0 aliphatic carbocycles. The van der Waals surface area contributed by atoms with Crippen molar-refractivity contribution in [2.75, 3.05) is 26.7 Å². The molecular formula is C33H39N3O4. The normalized spacial score (nSPS) is 18.9. The molecule has 3 atom stereocenters. The highest BCUT2D eigenvalue weighted by atomic mass is 16.5. The first-order valence-electron chi connectivity index (χ1n) is 13.9. The van der Waals surface area contributed by atoms with Crippen molar-refractivity contribution in [3.05, 3.63) is 89.6 Å². The first kappa shape index (κ1) is 27.9. The Morgan fingerprint density at radius 2 is 1.82 bits per heavy atom. The molecule has 3 aromatic carbocycles. The predicted octanol–water partition coefficient (Wildman–Crippen LogP) is 5.04. The number of rotatable bonds is 6. The van der Waals surface area contributed by atoms with Crippen LogP contribution in [0.4, 0.5) is 0 Å². The zero-order chi connectivity index (χ0) is 28.4. The third kappa shape index (κ3) is 5.50. The Kier molecular flexibility index (Phi) is 8.26. The highest BCUT2D eigenvalue weighted by molar-refractivity contribution is 6.10. The monoisotopic (exact) mass is 541 g/mol. The Labute approximate surface area is 236 Å². The molecule has 1 amide bonds. The van der Waals surface area contributed by atoms with E-state index in [0.717, 1.165) is 33.2 Å². The molecule has 4 aromatic rings. The van der Waals surface area contributed by atoms with E-state index in [2.05, 4.69) is 30.0 Å². The van der Waals surface area contributed by atoms with Gasteiger partial charge in [-0.05, 0) is 48.9 Å². The van der Waals surface area contributed by atoms with Gasteiger partial charge in [-0.2, -0.15) is 0 Å². The van der Waals surface area contributed by atoms with E-state index in [9.17, 15) is 15.0 Å². The summed E-state index contributed by atoms with van der Waals surface area (Å²) < 4.78 is 8.67. The molecule has 40 heavy (non-hydrogen) atoms. The number of likely N-dealkylation sites (N-methyl/N-ethyl adjacent to an activating group) is 1. The molecule has 0 radical (unpaired) electrons. The molecule has 7 nitrogen and oxygen atoms in total. The Hall–Kier alpha value is -3.65. The number of fused-ring (bicyclic) bond motifs is 5. The maximum Gasteiger partial charge on any atom is 0.271 e. The van der Waals surface area contributed by atoms with Gasteiger partial charge < -0.3 is 24.4 Å². The molecule has 1 aliphatic rings. The van der Waals surface area contributed by atoms with Gasteiger partial charge in [0, 0.05) is 49.1 Å². The molecule has 2 N–H and O–H groups in total. The molecule has 0 saturated carbocycles. The molecule has 0 bridgehead atoms. The molecule has 0 fully saturated rings. The maximum atomic E-state index is 14.4. The molecule has 1 aromatic heterocycles. The number of carbonyl (C=O) groups excluding carboxylic acids is 1. The number of amides is 1. The van der Waals surface area contributed by atoms with Crippen molar-refractivity contribution in [2.45, 2.75) is 39.1 Å². The lowest BCUT2D eigenvalue weighted by atomic mass is 9.96. The number of aromatic hydroxyl groups is 1. The van der Waals surface area contributed by atoms with Crippen molar-refractivity contribution in [1.29, 1.82) is 0 Å². The van der Waals surface area contributed by atoms with Gasteiger partial charge in [0.15, 0.2) is 0 Å². The summed E-state index contributed by atoms with van der Waals surface area (Å²) in [5.74, 6) is 0.153. The molecular weight excluding hydrogens is 502 g/mol. The van der Waals surface area contributed by atoms with E-state index in [1.165, 1.54) is 0 Å². The summed E-state index contributed by atoms with van der Waals surface area (Å²) in [5, 5.41) is 21.1. The van der Waals surface area contributed by atoms with Gasteiger partial charge in [-0.25, -0.2) is 0 Å². The zero-order valence-corrected chi connectivity index (χ0v) is 23.7. The smallest absolute Gasteiger partial charge is 0.271 e. The molecule has 0 spiro atoms. The van der Waals surface area contributed by atoms with Crippen molar-refractivity contribution in [3.63, 3.8) is 0 Å². The van der Waals surface area contributed by atoms with Crippen LogP contribution in [0.1, 0.15) is 35.5 Å². The number of aliphatic hydroxyl groups is 1. The van der Waals surface area contributed by atoms with Crippen LogP contribution in [-0.4, -0.2) is 69.4 Å². The maximum absolute atomic E-state index is 14.4. The van der Waals surface area contributed by atoms with Gasteiger partial charge in [0.2, 0.25) is 0 Å². The number of aromatic nitrogens is 1. The van der Waals surface area contributed by atoms with Crippen molar-refractivity contribution in [2.24, 2.45) is 13.0 Å². The molecule has 2 heterocycles. The van der Waals surface area contributed by atoms with Crippen LogP contribution in [0.3, 0.4) is 0 Å². The Balaban J connectivity index is 1.57. The van der Waals surface area contributed by atoms with Gasteiger partial charge in [-0.3, -0.25) is 9.69 Å². The first-order chi connectivity index (χ1) is 19.3. The number of hydrogen-bond acceptors (Lipinski definition) is 5. The third-order valence-corrected chi connectivity index (χ3v) is 8.08. The lowest BCUT2D eigenvalue weighted by Crippen LogP contribution is -2.47. The van der Waals surface area contributed by atoms with Crippen molar-refractivity contribution in [3.8, 4) is 16.9 Å². The summed E-state index contributed by atoms with van der Waals surface area (Å²) in [7, 11) is 3.99. The van der Waals surface area contributed by atoms with Gasteiger partial charge in [0.05, 0.1) is 25.4 Å². The summed E-state index contributed by atoms with van der Waals surface area (Å²) >= 11 is 0. The standard InChI is InChI=1S/C33H39N3O4/c1-22-17-36(23(2)20-37)33(39)32-31(28-14-7-8-15-29(28)35(32)4)27-13-6-5-11-25(27)21-40-30(22)19-34(3)18-24-10-9-12-26(38)16-24/h5-16,22-23,30,37-38H,17-21H2,1-4H3/t22-,23+,30+/m0/s1. The van der Waals surface area contributed by atoms with Crippen LogP contribution >= 0.6 is 0 Å². The van der Waals surface area contributed by atoms with E-state index < -0.39 is 0 Å². The fourth-order valence-corrected chi connectivity index (χ4v) is 5.86. The molecule has 1 aliphatic heterocycles. The SMILES string of the molecule is C[C@H](CO)N1C[C@H](C)[C@@H](CN(C)Cc2cccc(O)c2)OCc2ccccc2-c2c(n(C)c3ccccc23)C1=O. The summed E-state index contributed by atoms with van der Waals surface area (Å²) in [6, 6.07) is 23.2. The van der Waals surface area contributed by atoms with E-state index in [-0.39, 0.29) is 36.3 Å². The number of hydrogen-bond donors (Lipinski definition) is 2. The van der Waals surface area contributed by atoms with E-state index in [4.69, 9.17) is 4.74 Å². The largest absolute Gasteiger partial charge is 0.508 e. The van der Waals surface area contributed by atoms with Gasteiger partial charge in [0.25, 0.3) is 5.91 Å². The number of phenols is 1. The fourth-order valence-electron chi connectivity index (χ4n) is 5.86. The second-order valence-electron chi connectivity index (χ2n) is 11.1. The van der Waals surface area contributed by atoms with Crippen molar-refractivity contribution < 1.29 is 19.7 Å².